The van der Waals surface area contributed by atoms with E-state index in [0.717, 1.165) is 62.6 Å². The molecule has 4 rings (SSSR count). The topological polar surface area (TPSA) is 90.5 Å². The zero-order chi connectivity index (χ0) is 18.3. The van der Waals surface area contributed by atoms with Crippen molar-refractivity contribution in [3.05, 3.63) is 33.2 Å². The van der Waals surface area contributed by atoms with Gasteiger partial charge in [-0.15, -0.1) is 0 Å². The van der Waals surface area contributed by atoms with Crippen LogP contribution < -0.4 is 5.56 Å². The van der Waals surface area contributed by atoms with Crippen LogP contribution in [-0.2, 0) is 17.6 Å². The molecule has 0 bridgehead atoms. The molecule has 6 heteroatoms. The second-order valence-electron chi connectivity index (χ2n) is 8.14. The lowest BCUT2D eigenvalue weighted by molar-refractivity contribution is -0.153. The monoisotopic (exact) mass is 358 g/mol. The van der Waals surface area contributed by atoms with Crippen LogP contribution in [0.15, 0.2) is 10.9 Å². The molecule has 0 spiro atoms. The second kappa shape index (κ2) is 6.56. The molecule has 6 nitrogen and oxygen atoms in total. The van der Waals surface area contributed by atoms with Gasteiger partial charge in [0.1, 0.15) is 5.56 Å². The molecular formula is C20H26N2O4. The van der Waals surface area contributed by atoms with Crippen LogP contribution in [0.5, 0.6) is 0 Å². The van der Waals surface area contributed by atoms with Gasteiger partial charge in [0.25, 0.3) is 11.5 Å². The van der Waals surface area contributed by atoms with Gasteiger partial charge in [-0.25, -0.2) is 0 Å². The van der Waals surface area contributed by atoms with E-state index in [1.165, 1.54) is 0 Å². The standard InChI is InChI=1S/C20H26N2O4/c23-17-15(11-13-5-2-1-3-8-16(13)21-17)18(24)22-10-9-20(12-22,19(25)26)14-6-4-7-14/h11,14H,1-10,12H2,(H,21,23)(H,25,26). The minimum atomic E-state index is -0.827. The minimum absolute atomic E-state index is 0.156. The maximum absolute atomic E-state index is 13.0. The molecule has 1 amide bonds. The molecule has 2 N–H and O–H groups in total. The Kier molecular flexibility index (Phi) is 4.37. The van der Waals surface area contributed by atoms with Gasteiger partial charge >= 0.3 is 5.97 Å². The first-order chi connectivity index (χ1) is 12.5. The van der Waals surface area contributed by atoms with Crippen molar-refractivity contribution in [2.45, 2.75) is 57.8 Å². The maximum Gasteiger partial charge on any atom is 0.311 e. The third-order valence-corrected chi connectivity index (χ3v) is 6.72. The van der Waals surface area contributed by atoms with Gasteiger partial charge in [0.2, 0.25) is 0 Å². The first kappa shape index (κ1) is 17.3. The summed E-state index contributed by atoms with van der Waals surface area (Å²) in [5.74, 6) is -0.961. The molecule has 3 aliphatic rings. The van der Waals surface area contributed by atoms with Crippen LogP contribution >= 0.6 is 0 Å². The summed E-state index contributed by atoms with van der Waals surface area (Å²) in [4.78, 5) is 41.9. The summed E-state index contributed by atoms with van der Waals surface area (Å²) in [5.41, 5.74) is 1.02. The third kappa shape index (κ3) is 2.75. The summed E-state index contributed by atoms with van der Waals surface area (Å²) in [6.07, 6.45) is 8.40. The Morgan fingerprint density at radius 2 is 1.92 bits per heavy atom. The minimum Gasteiger partial charge on any atom is -0.481 e. The number of carboxylic acids is 1. The summed E-state index contributed by atoms with van der Waals surface area (Å²) in [6.45, 7) is 0.639. The van der Waals surface area contributed by atoms with Crippen molar-refractivity contribution in [1.29, 1.82) is 0 Å². The fourth-order valence-electron chi connectivity index (χ4n) is 4.83. The lowest BCUT2D eigenvalue weighted by Crippen LogP contribution is -2.45. The molecule has 1 atom stereocenters. The van der Waals surface area contributed by atoms with Crippen LogP contribution in [0.1, 0.15) is 66.6 Å². The highest BCUT2D eigenvalue weighted by Crippen LogP contribution is 2.48. The number of amides is 1. The van der Waals surface area contributed by atoms with E-state index in [1.807, 2.05) is 0 Å². The number of rotatable bonds is 3. The second-order valence-corrected chi connectivity index (χ2v) is 8.14. The highest BCUT2D eigenvalue weighted by Gasteiger charge is 2.53. The quantitative estimate of drug-likeness (QED) is 0.812. The van der Waals surface area contributed by atoms with E-state index in [9.17, 15) is 19.5 Å². The Hall–Kier alpha value is -2.11. The molecule has 1 aliphatic heterocycles. The van der Waals surface area contributed by atoms with E-state index < -0.39 is 11.4 Å². The molecule has 1 saturated carbocycles. The van der Waals surface area contributed by atoms with Gasteiger partial charge in [-0.05, 0) is 62.5 Å². The number of fused-ring (bicyclic) bond motifs is 1. The SMILES string of the molecule is O=C(c1cc2c([nH]c1=O)CCCCC2)N1CCC(C(=O)O)(C2CCC2)C1. The van der Waals surface area contributed by atoms with Gasteiger partial charge in [-0.3, -0.25) is 14.4 Å². The number of likely N-dealkylation sites (tertiary alicyclic amines) is 1. The highest BCUT2D eigenvalue weighted by atomic mass is 16.4. The van der Waals surface area contributed by atoms with Crippen molar-refractivity contribution in [2.24, 2.45) is 11.3 Å². The predicted octanol–water partition coefficient (Wildman–Crippen LogP) is 2.36. The number of hydrogen-bond donors (Lipinski definition) is 2. The summed E-state index contributed by atoms with van der Waals surface area (Å²) in [7, 11) is 0. The zero-order valence-electron chi connectivity index (χ0n) is 15.1. The summed E-state index contributed by atoms with van der Waals surface area (Å²) >= 11 is 0. The number of nitrogens with one attached hydrogen (secondary N) is 1. The van der Waals surface area contributed by atoms with Gasteiger partial charge in [-0.2, -0.15) is 0 Å². The highest BCUT2D eigenvalue weighted by molar-refractivity contribution is 5.95. The Morgan fingerprint density at radius 3 is 2.62 bits per heavy atom. The van der Waals surface area contributed by atoms with Crippen LogP contribution in [0.2, 0.25) is 0 Å². The molecule has 0 aromatic carbocycles. The fourth-order valence-corrected chi connectivity index (χ4v) is 4.83. The molecule has 2 fully saturated rings. The fraction of sp³-hybridized carbons (Fsp3) is 0.650. The molecule has 1 saturated heterocycles. The number of pyridine rings is 1. The van der Waals surface area contributed by atoms with E-state index in [0.29, 0.717) is 13.0 Å². The van der Waals surface area contributed by atoms with Crippen molar-refractivity contribution in [1.82, 2.24) is 9.88 Å². The smallest absolute Gasteiger partial charge is 0.311 e. The van der Waals surface area contributed by atoms with Gasteiger partial charge in [0.15, 0.2) is 0 Å². The lowest BCUT2D eigenvalue weighted by Gasteiger charge is -2.39. The van der Waals surface area contributed by atoms with Crippen LogP contribution in [0.25, 0.3) is 0 Å². The number of carboxylic acid groups (broad SMARTS) is 1. The van der Waals surface area contributed by atoms with Crippen LogP contribution in [0, 0.1) is 11.3 Å². The first-order valence-corrected chi connectivity index (χ1v) is 9.79. The van der Waals surface area contributed by atoms with Crippen molar-refractivity contribution < 1.29 is 14.7 Å². The summed E-state index contributed by atoms with van der Waals surface area (Å²) in [6, 6.07) is 1.76. The van der Waals surface area contributed by atoms with E-state index >= 15 is 0 Å². The Labute approximate surface area is 152 Å². The number of carbonyl (C=O) groups excluding carboxylic acids is 1. The number of aromatic nitrogens is 1. The average molecular weight is 358 g/mol. The van der Waals surface area contributed by atoms with E-state index in [4.69, 9.17) is 0 Å². The number of aromatic amines is 1. The Morgan fingerprint density at radius 1 is 1.15 bits per heavy atom. The molecule has 2 heterocycles. The molecule has 140 valence electrons. The van der Waals surface area contributed by atoms with Crippen molar-refractivity contribution in [3.63, 3.8) is 0 Å². The van der Waals surface area contributed by atoms with Crippen LogP contribution in [0.3, 0.4) is 0 Å². The summed E-state index contributed by atoms with van der Waals surface area (Å²) < 4.78 is 0. The van der Waals surface area contributed by atoms with Gasteiger partial charge < -0.3 is 15.0 Å². The van der Waals surface area contributed by atoms with Crippen molar-refractivity contribution in [2.75, 3.05) is 13.1 Å². The van der Waals surface area contributed by atoms with Gasteiger partial charge in [0.05, 0.1) is 5.41 Å². The number of H-pyrrole nitrogens is 1. The number of carbonyl (C=O) groups is 2. The maximum atomic E-state index is 13.0. The zero-order valence-corrected chi connectivity index (χ0v) is 15.1. The molecule has 2 aliphatic carbocycles. The van der Waals surface area contributed by atoms with E-state index in [1.54, 1.807) is 11.0 Å². The Bertz CT molecular complexity index is 795. The van der Waals surface area contributed by atoms with Crippen molar-refractivity contribution >= 4 is 11.9 Å². The molecule has 1 unspecified atom stereocenters. The molecular weight excluding hydrogens is 332 g/mol. The van der Waals surface area contributed by atoms with Crippen LogP contribution in [0.4, 0.5) is 0 Å². The predicted molar refractivity (Wildman–Crippen MR) is 96.3 cm³/mol. The first-order valence-electron chi connectivity index (χ1n) is 9.79. The number of aryl methyl sites for hydroxylation is 2. The molecule has 26 heavy (non-hydrogen) atoms. The Balaban J connectivity index is 1.59. The van der Waals surface area contributed by atoms with Gasteiger partial charge in [0, 0.05) is 18.8 Å². The molecule has 0 radical (unpaired) electrons. The third-order valence-electron chi connectivity index (χ3n) is 6.72. The largest absolute Gasteiger partial charge is 0.481 e. The number of aliphatic carboxylic acids is 1. The number of hydrogen-bond acceptors (Lipinski definition) is 3. The van der Waals surface area contributed by atoms with Gasteiger partial charge in [-0.1, -0.05) is 12.8 Å². The summed E-state index contributed by atoms with van der Waals surface area (Å²) in [5, 5.41) is 9.81. The lowest BCUT2D eigenvalue weighted by atomic mass is 9.64. The van der Waals surface area contributed by atoms with E-state index in [-0.39, 0.29) is 29.5 Å². The average Bonchev–Trinajstić information content (AvgIpc) is 2.87. The molecule has 1 aromatic rings. The van der Waals surface area contributed by atoms with Crippen molar-refractivity contribution in [3.8, 4) is 0 Å². The molecule has 1 aromatic heterocycles. The van der Waals surface area contributed by atoms with E-state index in [2.05, 4.69) is 4.98 Å². The normalized spacial score (nSPS) is 26.1. The van der Waals surface area contributed by atoms with Crippen LogP contribution in [-0.4, -0.2) is 40.0 Å². The number of nitrogens with zero attached hydrogens (tertiary/aromatic N) is 1.